The number of nitrogens with zero attached hydrogens (tertiary/aromatic N) is 1. The van der Waals surface area contributed by atoms with Crippen molar-refractivity contribution in [3.8, 4) is 0 Å². The number of carbonyl (C=O) groups excluding carboxylic acids is 3. The van der Waals surface area contributed by atoms with Gasteiger partial charge in [-0.15, -0.1) is 0 Å². The van der Waals surface area contributed by atoms with E-state index in [2.05, 4.69) is 17.6 Å². The van der Waals surface area contributed by atoms with Gasteiger partial charge in [0.15, 0.2) is 0 Å². The molecule has 3 atom stereocenters. The smallest absolute Gasteiger partial charge is 0.408 e. The van der Waals surface area contributed by atoms with Crippen molar-refractivity contribution in [3.05, 3.63) is 34.9 Å². The summed E-state index contributed by atoms with van der Waals surface area (Å²) < 4.78 is 5.47. The normalized spacial score (nSPS) is 14.0. The van der Waals surface area contributed by atoms with Gasteiger partial charge in [-0.3, -0.25) is 9.59 Å². The van der Waals surface area contributed by atoms with Gasteiger partial charge in [0.05, 0.1) is 0 Å². The molecule has 0 fully saturated rings. The van der Waals surface area contributed by atoms with Crippen molar-refractivity contribution in [2.45, 2.75) is 125 Å². The van der Waals surface area contributed by atoms with E-state index in [9.17, 15) is 14.4 Å². The van der Waals surface area contributed by atoms with Crippen LogP contribution in [0.15, 0.2) is 18.2 Å². The van der Waals surface area contributed by atoms with Crippen LogP contribution in [-0.4, -0.2) is 47.0 Å². The van der Waals surface area contributed by atoms with Gasteiger partial charge >= 0.3 is 6.09 Å². The van der Waals surface area contributed by atoms with Gasteiger partial charge in [-0.2, -0.15) is 0 Å². The van der Waals surface area contributed by atoms with Crippen molar-refractivity contribution in [2.75, 3.05) is 6.54 Å². The van der Waals surface area contributed by atoms with E-state index in [1.807, 2.05) is 59.7 Å². The first-order valence-electron chi connectivity index (χ1n) is 13.9. The first kappa shape index (κ1) is 32.5. The van der Waals surface area contributed by atoms with Crippen LogP contribution in [0.5, 0.6) is 0 Å². The van der Waals surface area contributed by atoms with Gasteiger partial charge in [-0.25, -0.2) is 4.79 Å². The molecule has 0 aliphatic rings. The Bertz CT molecular complexity index is 891. The summed E-state index contributed by atoms with van der Waals surface area (Å²) in [7, 11) is 0. The fourth-order valence-corrected chi connectivity index (χ4v) is 4.27. The molecule has 0 radical (unpaired) electrons. The van der Waals surface area contributed by atoms with E-state index in [4.69, 9.17) is 4.74 Å². The zero-order chi connectivity index (χ0) is 28.3. The number of nitrogens with one attached hydrogen (secondary N) is 2. The molecule has 2 N–H and O–H groups in total. The van der Waals surface area contributed by atoms with E-state index in [-0.39, 0.29) is 23.8 Å². The Balaban J connectivity index is 3.54. The first-order chi connectivity index (χ1) is 17.2. The molecule has 0 aromatic heterocycles. The number of amides is 3. The van der Waals surface area contributed by atoms with Crippen molar-refractivity contribution >= 4 is 17.9 Å². The molecule has 0 aliphatic carbocycles. The Morgan fingerprint density at radius 2 is 1.68 bits per heavy atom. The summed E-state index contributed by atoms with van der Waals surface area (Å²) in [6, 6.07) is 4.15. The molecule has 0 saturated heterocycles. The maximum atomic E-state index is 14.2. The van der Waals surface area contributed by atoms with Gasteiger partial charge in [0.25, 0.3) is 0 Å². The molecule has 3 unspecified atom stereocenters. The van der Waals surface area contributed by atoms with Crippen LogP contribution in [0.3, 0.4) is 0 Å². The Labute approximate surface area is 225 Å². The van der Waals surface area contributed by atoms with Crippen LogP contribution in [0.4, 0.5) is 4.79 Å². The minimum Gasteiger partial charge on any atom is -0.444 e. The van der Waals surface area contributed by atoms with E-state index >= 15 is 0 Å². The third-order valence-electron chi connectivity index (χ3n) is 6.35. The highest BCUT2D eigenvalue weighted by Gasteiger charge is 2.39. The average molecular weight is 518 g/mol. The Hall–Kier alpha value is -2.57. The Morgan fingerprint density at radius 3 is 2.22 bits per heavy atom. The SMILES string of the molecule is CCCCCNC(=O)C(c1cc(C)ccc1C)N(C(=O)C(CC(C)C)NC(=O)OC(C)(C)C)C(C)CC. The van der Waals surface area contributed by atoms with Gasteiger partial charge in [0.1, 0.15) is 17.7 Å². The van der Waals surface area contributed by atoms with Gasteiger partial charge in [0.2, 0.25) is 11.8 Å². The van der Waals surface area contributed by atoms with Crippen LogP contribution < -0.4 is 10.6 Å². The molecule has 3 amide bonds. The summed E-state index contributed by atoms with van der Waals surface area (Å²) in [6.45, 7) is 20.0. The molecular weight excluding hydrogens is 466 g/mol. The second kappa shape index (κ2) is 15.0. The minimum absolute atomic E-state index is 0.143. The highest BCUT2D eigenvalue weighted by molar-refractivity contribution is 5.92. The van der Waals surface area contributed by atoms with Gasteiger partial charge < -0.3 is 20.3 Å². The number of ether oxygens (including phenoxy) is 1. The predicted molar refractivity (Wildman–Crippen MR) is 150 cm³/mol. The van der Waals surface area contributed by atoms with Crippen LogP contribution in [0.25, 0.3) is 0 Å². The second-order valence-electron chi connectivity index (χ2n) is 11.6. The third kappa shape index (κ3) is 10.7. The lowest BCUT2D eigenvalue weighted by Crippen LogP contribution is -2.56. The summed E-state index contributed by atoms with van der Waals surface area (Å²) in [5.41, 5.74) is 2.08. The number of hydrogen-bond acceptors (Lipinski definition) is 4. The zero-order valence-electron chi connectivity index (χ0n) is 24.9. The van der Waals surface area contributed by atoms with Crippen LogP contribution in [0.2, 0.25) is 0 Å². The van der Waals surface area contributed by atoms with Crippen molar-refractivity contribution in [1.29, 1.82) is 0 Å². The van der Waals surface area contributed by atoms with E-state index in [0.717, 1.165) is 36.0 Å². The minimum atomic E-state index is -0.815. The van der Waals surface area contributed by atoms with Crippen molar-refractivity contribution in [3.63, 3.8) is 0 Å². The number of benzene rings is 1. The highest BCUT2D eigenvalue weighted by atomic mass is 16.6. The molecule has 0 saturated carbocycles. The summed E-state index contributed by atoms with van der Waals surface area (Å²) in [5, 5.41) is 5.89. The molecule has 0 aliphatic heterocycles. The Kier molecular flexibility index (Phi) is 13.2. The fraction of sp³-hybridized carbons (Fsp3) is 0.700. The number of aryl methyl sites for hydroxylation is 2. The summed E-state index contributed by atoms with van der Waals surface area (Å²) in [5.74, 6) is -0.327. The number of hydrogen-bond donors (Lipinski definition) is 2. The highest BCUT2D eigenvalue weighted by Crippen LogP contribution is 2.30. The first-order valence-corrected chi connectivity index (χ1v) is 13.9. The second-order valence-corrected chi connectivity index (χ2v) is 11.6. The lowest BCUT2D eigenvalue weighted by molar-refractivity contribution is -0.145. The molecule has 0 bridgehead atoms. The van der Waals surface area contributed by atoms with Gasteiger partial charge in [-0.1, -0.05) is 64.3 Å². The van der Waals surface area contributed by atoms with Crippen LogP contribution in [0.1, 0.15) is 110 Å². The molecule has 7 heteroatoms. The van der Waals surface area contributed by atoms with Crippen LogP contribution >= 0.6 is 0 Å². The molecule has 1 aromatic rings. The van der Waals surface area contributed by atoms with E-state index in [1.165, 1.54) is 0 Å². The molecule has 37 heavy (non-hydrogen) atoms. The number of alkyl carbamates (subject to hydrolysis) is 1. The monoisotopic (exact) mass is 517 g/mol. The molecule has 0 spiro atoms. The van der Waals surface area contributed by atoms with E-state index < -0.39 is 23.8 Å². The van der Waals surface area contributed by atoms with Crippen LogP contribution in [0, 0.1) is 19.8 Å². The predicted octanol–water partition coefficient (Wildman–Crippen LogP) is 6.22. The standard InChI is InChI=1S/C30H51N3O4/c1-11-13-14-17-31-27(34)26(24-19-21(5)15-16-22(24)6)33(23(7)12-2)28(35)25(18-20(3)4)32-29(36)37-30(8,9)10/h15-16,19-20,23,25-26H,11-14,17-18H2,1-10H3,(H,31,34)(H,32,36). The van der Waals surface area contributed by atoms with Crippen molar-refractivity contribution in [1.82, 2.24) is 15.5 Å². The summed E-state index contributed by atoms with van der Waals surface area (Å²) in [6.07, 6.45) is 3.43. The molecule has 7 nitrogen and oxygen atoms in total. The van der Waals surface area contributed by atoms with E-state index in [1.54, 1.807) is 25.7 Å². The van der Waals surface area contributed by atoms with Crippen molar-refractivity contribution in [2.24, 2.45) is 5.92 Å². The zero-order valence-corrected chi connectivity index (χ0v) is 24.9. The molecule has 0 heterocycles. The van der Waals surface area contributed by atoms with Crippen LogP contribution in [-0.2, 0) is 14.3 Å². The number of rotatable bonds is 13. The molecule has 1 aromatic carbocycles. The summed E-state index contributed by atoms with van der Waals surface area (Å²) >= 11 is 0. The lowest BCUT2D eigenvalue weighted by atomic mass is 9.93. The molecular formula is C30H51N3O4. The molecule has 210 valence electrons. The quantitative estimate of drug-likeness (QED) is 0.304. The number of carbonyl (C=O) groups is 3. The van der Waals surface area contributed by atoms with Crippen molar-refractivity contribution < 1.29 is 19.1 Å². The topological polar surface area (TPSA) is 87.7 Å². The fourth-order valence-electron chi connectivity index (χ4n) is 4.27. The van der Waals surface area contributed by atoms with E-state index in [0.29, 0.717) is 19.4 Å². The Morgan fingerprint density at radius 1 is 1.03 bits per heavy atom. The maximum absolute atomic E-state index is 14.2. The average Bonchev–Trinajstić information content (AvgIpc) is 2.79. The van der Waals surface area contributed by atoms with Gasteiger partial charge in [-0.05, 0) is 77.8 Å². The number of unbranched alkanes of at least 4 members (excludes halogenated alkanes) is 2. The lowest BCUT2D eigenvalue weighted by Gasteiger charge is -2.39. The summed E-state index contributed by atoms with van der Waals surface area (Å²) in [4.78, 5) is 42.4. The largest absolute Gasteiger partial charge is 0.444 e. The maximum Gasteiger partial charge on any atom is 0.408 e. The third-order valence-corrected chi connectivity index (χ3v) is 6.35. The van der Waals surface area contributed by atoms with Gasteiger partial charge in [0, 0.05) is 12.6 Å². The molecule has 1 rings (SSSR count).